The van der Waals surface area contributed by atoms with Crippen molar-refractivity contribution >= 4 is 45.1 Å². The number of carbonyl (C=O) groups is 2. The second-order valence-electron chi connectivity index (χ2n) is 4.75. The van der Waals surface area contributed by atoms with Gasteiger partial charge in [-0.05, 0) is 60.7 Å². The van der Waals surface area contributed by atoms with E-state index in [4.69, 9.17) is 17.0 Å². The zero-order valence-electron chi connectivity index (χ0n) is 12.8. The number of thiocarbonyl (C=S) groups is 1. The first-order valence-corrected chi connectivity index (χ1v) is 8.22. The Morgan fingerprint density at radius 3 is 2.32 bits per heavy atom. The molecule has 0 atom stereocenters. The molecule has 0 aliphatic rings. The third-order valence-corrected chi connectivity index (χ3v) is 3.59. The highest BCUT2D eigenvalue weighted by Gasteiger charge is 2.08. The van der Waals surface area contributed by atoms with Gasteiger partial charge in [0.15, 0.2) is 11.7 Å². The summed E-state index contributed by atoms with van der Waals surface area (Å²) in [5.41, 5.74) is 5.06. The molecule has 0 aliphatic carbocycles. The van der Waals surface area contributed by atoms with Crippen LogP contribution in [-0.2, 0) is 4.79 Å². The molecule has 7 nitrogen and oxygen atoms in total. The van der Waals surface area contributed by atoms with Crippen LogP contribution in [0.15, 0.2) is 53.0 Å². The maximum absolute atomic E-state index is 11.8. The second kappa shape index (κ2) is 9.00. The number of phenolic OH excluding ortho intramolecular Hbond substituents is 1. The largest absolute Gasteiger partial charge is 0.508 e. The number of nitrogens with one attached hydrogen (secondary N) is 3. The van der Waals surface area contributed by atoms with Crippen molar-refractivity contribution in [1.82, 2.24) is 16.2 Å². The van der Waals surface area contributed by atoms with Crippen molar-refractivity contribution in [3.63, 3.8) is 0 Å². The van der Waals surface area contributed by atoms with E-state index >= 15 is 0 Å². The van der Waals surface area contributed by atoms with Crippen LogP contribution in [-0.4, -0.2) is 28.6 Å². The first kappa shape index (κ1) is 18.7. The van der Waals surface area contributed by atoms with Gasteiger partial charge >= 0.3 is 0 Å². The Kier molecular flexibility index (Phi) is 6.72. The third kappa shape index (κ3) is 6.40. The average Bonchev–Trinajstić information content (AvgIpc) is 2.60. The zero-order chi connectivity index (χ0) is 18.2. The Balaban J connectivity index is 1.72. The molecule has 0 unspecified atom stereocenters. The fourth-order valence-corrected chi connectivity index (χ4v) is 2.10. The lowest BCUT2D eigenvalue weighted by molar-refractivity contribution is -0.121. The zero-order valence-corrected chi connectivity index (χ0v) is 15.2. The normalized spacial score (nSPS) is 9.80. The van der Waals surface area contributed by atoms with Gasteiger partial charge in [0.1, 0.15) is 11.5 Å². The lowest BCUT2D eigenvalue weighted by Gasteiger charge is -2.11. The molecule has 25 heavy (non-hydrogen) atoms. The molecule has 0 aromatic heterocycles. The molecule has 2 aromatic carbocycles. The number of carbonyl (C=O) groups excluding carboxylic acids is 2. The second-order valence-corrected chi connectivity index (χ2v) is 6.07. The highest BCUT2D eigenvalue weighted by molar-refractivity contribution is 9.10. The fraction of sp³-hybridized carbons (Fsp3) is 0.0625. The number of hydrazine groups is 1. The van der Waals surface area contributed by atoms with Crippen LogP contribution in [0.4, 0.5) is 0 Å². The van der Waals surface area contributed by atoms with Gasteiger partial charge in [-0.15, -0.1) is 0 Å². The number of rotatable bonds is 4. The maximum atomic E-state index is 11.8. The smallest absolute Gasteiger partial charge is 0.269 e. The van der Waals surface area contributed by atoms with Crippen molar-refractivity contribution < 1.29 is 19.4 Å². The fourth-order valence-electron chi connectivity index (χ4n) is 1.67. The minimum Gasteiger partial charge on any atom is -0.508 e. The van der Waals surface area contributed by atoms with E-state index in [-0.39, 0.29) is 17.5 Å². The summed E-state index contributed by atoms with van der Waals surface area (Å²) in [4.78, 5) is 23.6. The molecule has 130 valence electrons. The summed E-state index contributed by atoms with van der Waals surface area (Å²) in [7, 11) is 0. The predicted molar refractivity (Wildman–Crippen MR) is 99.1 cm³/mol. The molecule has 0 aliphatic heterocycles. The van der Waals surface area contributed by atoms with Crippen molar-refractivity contribution in [2.45, 2.75) is 0 Å². The van der Waals surface area contributed by atoms with Gasteiger partial charge in [-0.1, -0.05) is 15.9 Å². The van der Waals surface area contributed by atoms with Crippen molar-refractivity contribution in [3.8, 4) is 11.5 Å². The Hall–Kier alpha value is -2.65. The average molecular weight is 424 g/mol. The van der Waals surface area contributed by atoms with Gasteiger partial charge in [0.05, 0.1) is 0 Å². The van der Waals surface area contributed by atoms with E-state index in [2.05, 4.69) is 32.1 Å². The van der Waals surface area contributed by atoms with Crippen LogP contribution < -0.4 is 20.9 Å². The first-order chi connectivity index (χ1) is 11.9. The molecule has 2 rings (SSSR count). The number of hydrogen-bond acceptors (Lipinski definition) is 5. The molecule has 0 heterocycles. The van der Waals surface area contributed by atoms with E-state index < -0.39 is 11.8 Å². The van der Waals surface area contributed by atoms with E-state index in [1.165, 1.54) is 24.3 Å². The number of phenols is 1. The van der Waals surface area contributed by atoms with E-state index in [1.54, 1.807) is 24.3 Å². The van der Waals surface area contributed by atoms with Gasteiger partial charge in [0.25, 0.3) is 11.8 Å². The summed E-state index contributed by atoms with van der Waals surface area (Å²) in [5, 5.41) is 11.5. The minimum atomic E-state index is -0.473. The summed E-state index contributed by atoms with van der Waals surface area (Å²) in [6.07, 6.45) is 0. The number of amides is 2. The number of hydrogen-bond donors (Lipinski definition) is 4. The summed E-state index contributed by atoms with van der Waals surface area (Å²) < 4.78 is 6.20. The van der Waals surface area contributed by atoms with Crippen LogP contribution in [0, 0.1) is 0 Å². The number of aromatic hydroxyl groups is 1. The Morgan fingerprint density at radius 1 is 1.04 bits per heavy atom. The summed E-state index contributed by atoms with van der Waals surface area (Å²) in [6, 6.07) is 12.7. The van der Waals surface area contributed by atoms with Crippen LogP contribution in [0.5, 0.6) is 11.5 Å². The molecule has 2 amide bonds. The van der Waals surface area contributed by atoms with Crippen LogP contribution in [0.1, 0.15) is 10.4 Å². The number of halogens is 1. The minimum absolute atomic E-state index is 0.0538. The van der Waals surface area contributed by atoms with Crippen LogP contribution in [0.25, 0.3) is 0 Å². The van der Waals surface area contributed by atoms with Crippen molar-refractivity contribution in [2.75, 3.05) is 6.61 Å². The van der Waals surface area contributed by atoms with E-state index in [9.17, 15) is 14.7 Å². The lowest BCUT2D eigenvalue weighted by Crippen LogP contribution is -2.49. The van der Waals surface area contributed by atoms with Gasteiger partial charge in [0, 0.05) is 10.0 Å². The third-order valence-electron chi connectivity index (χ3n) is 2.86. The highest BCUT2D eigenvalue weighted by atomic mass is 79.9. The monoisotopic (exact) mass is 423 g/mol. The molecule has 9 heteroatoms. The molecular weight excluding hydrogens is 410 g/mol. The molecule has 0 spiro atoms. The quantitative estimate of drug-likeness (QED) is 0.442. The molecule has 4 N–H and O–H groups in total. The van der Waals surface area contributed by atoms with Crippen LogP contribution in [0.2, 0.25) is 0 Å². The number of ether oxygens (including phenoxy) is 1. The van der Waals surface area contributed by atoms with Gasteiger partial charge in [-0.2, -0.15) is 0 Å². The molecular formula is C16H14BrN3O4S. The Bertz CT molecular complexity index is 766. The molecule has 2 aromatic rings. The van der Waals surface area contributed by atoms with Crippen molar-refractivity contribution in [3.05, 3.63) is 58.6 Å². The highest BCUT2D eigenvalue weighted by Crippen LogP contribution is 2.15. The lowest BCUT2D eigenvalue weighted by atomic mass is 10.2. The van der Waals surface area contributed by atoms with Gasteiger partial charge < -0.3 is 9.84 Å². The summed E-state index contributed by atoms with van der Waals surface area (Å²) >= 11 is 8.21. The summed E-state index contributed by atoms with van der Waals surface area (Å²) in [5.74, 6) is -0.349. The topological polar surface area (TPSA) is 99.7 Å². The predicted octanol–water partition coefficient (Wildman–Crippen LogP) is 1.87. The van der Waals surface area contributed by atoms with Gasteiger partial charge in [0.2, 0.25) is 0 Å². The van der Waals surface area contributed by atoms with Crippen LogP contribution >= 0.6 is 28.1 Å². The Labute approximate surface area is 157 Å². The van der Waals surface area contributed by atoms with Crippen LogP contribution in [0.3, 0.4) is 0 Å². The number of benzene rings is 2. The summed E-state index contributed by atoms with van der Waals surface area (Å²) in [6.45, 7) is -0.227. The van der Waals surface area contributed by atoms with E-state index in [0.29, 0.717) is 11.3 Å². The van der Waals surface area contributed by atoms with Gasteiger partial charge in [-0.3, -0.25) is 25.8 Å². The Morgan fingerprint density at radius 2 is 1.68 bits per heavy atom. The van der Waals surface area contributed by atoms with Gasteiger partial charge in [-0.25, -0.2) is 0 Å². The SMILES string of the molecule is O=C(COc1ccc(Br)cc1)NC(=S)NNC(=O)c1ccc(O)cc1. The van der Waals surface area contributed by atoms with E-state index in [0.717, 1.165) is 4.47 Å². The van der Waals surface area contributed by atoms with Crippen molar-refractivity contribution in [2.24, 2.45) is 0 Å². The molecule has 0 bridgehead atoms. The van der Waals surface area contributed by atoms with E-state index in [1.807, 2.05) is 0 Å². The molecule has 0 saturated heterocycles. The molecule has 0 fully saturated rings. The standard InChI is InChI=1S/C16H14BrN3O4S/c17-11-3-7-13(8-4-11)24-9-14(22)18-16(25)20-19-15(23)10-1-5-12(21)6-2-10/h1-8,21H,9H2,(H,19,23)(H2,18,20,22,25). The molecule has 0 radical (unpaired) electrons. The molecule has 0 saturated carbocycles. The first-order valence-electron chi connectivity index (χ1n) is 7.01. The van der Waals surface area contributed by atoms with Crippen molar-refractivity contribution in [1.29, 1.82) is 0 Å². The maximum Gasteiger partial charge on any atom is 0.269 e.